The van der Waals surface area contributed by atoms with Crippen LogP contribution in [0.25, 0.3) is 0 Å². The third-order valence-electron chi connectivity index (χ3n) is 1.35. The van der Waals surface area contributed by atoms with Crippen LogP contribution in [-0.2, 0) is 4.79 Å². The van der Waals surface area contributed by atoms with Gasteiger partial charge in [-0.2, -0.15) is 0 Å². The van der Waals surface area contributed by atoms with E-state index in [4.69, 9.17) is 11.6 Å². The topological polar surface area (TPSA) is 29.1 Å². The summed E-state index contributed by atoms with van der Waals surface area (Å²) in [6.45, 7) is 0.802. The van der Waals surface area contributed by atoms with Crippen molar-refractivity contribution in [2.24, 2.45) is 5.92 Å². The molecule has 3 heteroatoms. The molecule has 2 nitrogen and oxygen atoms in total. The molecule has 1 saturated heterocycles. The van der Waals surface area contributed by atoms with E-state index in [1.165, 1.54) is 0 Å². The van der Waals surface area contributed by atoms with E-state index in [1.807, 2.05) is 0 Å². The fourth-order valence-electron chi connectivity index (χ4n) is 0.792. The summed E-state index contributed by atoms with van der Waals surface area (Å²) in [7, 11) is 0. The van der Waals surface area contributed by atoms with Gasteiger partial charge < -0.3 is 5.32 Å². The van der Waals surface area contributed by atoms with Gasteiger partial charge in [0.15, 0.2) is 0 Å². The van der Waals surface area contributed by atoms with Gasteiger partial charge in [0.1, 0.15) is 0 Å². The van der Waals surface area contributed by atoms with Crippen LogP contribution in [0.1, 0.15) is 6.42 Å². The molecule has 1 fully saturated rings. The molecule has 8 heavy (non-hydrogen) atoms. The van der Waals surface area contributed by atoms with Crippen molar-refractivity contribution in [1.82, 2.24) is 5.32 Å². The lowest BCUT2D eigenvalue weighted by Gasteiger charge is -1.95. The number of halogens is 1. The number of carbonyl (C=O) groups is 1. The first kappa shape index (κ1) is 5.89. The number of carbonyl (C=O) groups excluding carboxylic acids is 1. The zero-order valence-electron chi connectivity index (χ0n) is 4.48. The monoisotopic (exact) mass is 133 g/mol. The number of rotatable bonds is 1. The Labute approximate surface area is 53.2 Å². The van der Waals surface area contributed by atoms with E-state index in [0.29, 0.717) is 5.88 Å². The molecular formula is C5H8ClNO. The van der Waals surface area contributed by atoms with E-state index < -0.39 is 0 Å². The quantitative estimate of drug-likeness (QED) is 0.515. The first-order valence-corrected chi connectivity index (χ1v) is 3.21. The van der Waals surface area contributed by atoms with Gasteiger partial charge in [0, 0.05) is 12.4 Å². The predicted molar refractivity (Wildman–Crippen MR) is 31.8 cm³/mol. The fourth-order valence-corrected chi connectivity index (χ4v) is 1.09. The highest BCUT2D eigenvalue weighted by Gasteiger charge is 2.21. The molecule has 1 rings (SSSR count). The van der Waals surface area contributed by atoms with E-state index in [1.54, 1.807) is 0 Å². The van der Waals surface area contributed by atoms with Gasteiger partial charge >= 0.3 is 0 Å². The minimum Gasteiger partial charge on any atom is -0.356 e. The van der Waals surface area contributed by atoms with Crippen LogP contribution < -0.4 is 5.32 Å². The Morgan fingerprint density at radius 1 is 1.88 bits per heavy atom. The van der Waals surface area contributed by atoms with Crippen molar-refractivity contribution in [3.63, 3.8) is 0 Å². The maximum absolute atomic E-state index is 10.6. The molecule has 1 atom stereocenters. The average Bonchev–Trinajstić information content (AvgIpc) is 2.14. The third kappa shape index (κ3) is 0.944. The van der Waals surface area contributed by atoms with Crippen molar-refractivity contribution in [3.05, 3.63) is 0 Å². The molecule has 1 aliphatic heterocycles. The fraction of sp³-hybridized carbons (Fsp3) is 0.800. The second-order valence-corrected chi connectivity index (χ2v) is 2.24. The molecule has 0 saturated carbocycles. The van der Waals surface area contributed by atoms with Gasteiger partial charge in [-0.1, -0.05) is 0 Å². The maximum atomic E-state index is 10.6. The zero-order valence-corrected chi connectivity index (χ0v) is 5.24. The number of amides is 1. The Morgan fingerprint density at radius 2 is 2.62 bits per heavy atom. The van der Waals surface area contributed by atoms with Crippen molar-refractivity contribution in [2.75, 3.05) is 12.4 Å². The van der Waals surface area contributed by atoms with Gasteiger partial charge in [-0.3, -0.25) is 4.79 Å². The smallest absolute Gasteiger partial charge is 0.224 e. The van der Waals surface area contributed by atoms with Crippen molar-refractivity contribution in [2.45, 2.75) is 6.42 Å². The SMILES string of the molecule is O=C1NCCC1CCl. The summed E-state index contributed by atoms with van der Waals surface area (Å²) in [5, 5.41) is 2.70. The Kier molecular flexibility index (Phi) is 1.73. The highest BCUT2D eigenvalue weighted by Crippen LogP contribution is 2.09. The molecule has 1 N–H and O–H groups in total. The Morgan fingerprint density at radius 3 is 2.88 bits per heavy atom. The standard InChI is InChI=1S/C5H8ClNO/c6-3-4-1-2-7-5(4)8/h4H,1-3H2,(H,7,8). The second kappa shape index (κ2) is 2.35. The zero-order chi connectivity index (χ0) is 5.98. The summed E-state index contributed by atoms with van der Waals surface area (Å²) >= 11 is 5.44. The van der Waals surface area contributed by atoms with Gasteiger partial charge in [-0.25, -0.2) is 0 Å². The molecule has 1 amide bonds. The first-order chi connectivity index (χ1) is 3.84. The molecule has 0 spiro atoms. The number of hydrogen-bond acceptors (Lipinski definition) is 1. The Bertz CT molecular complexity index is 105. The normalized spacial score (nSPS) is 28.1. The number of alkyl halides is 1. The van der Waals surface area contributed by atoms with E-state index in [-0.39, 0.29) is 11.8 Å². The van der Waals surface area contributed by atoms with E-state index in [0.717, 1.165) is 13.0 Å². The summed E-state index contributed by atoms with van der Waals surface area (Å²) in [5.74, 6) is 0.655. The third-order valence-corrected chi connectivity index (χ3v) is 1.72. The molecule has 46 valence electrons. The van der Waals surface area contributed by atoms with Crippen LogP contribution >= 0.6 is 11.6 Å². The van der Waals surface area contributed by atoms with Crippen LogP contribution in [0, 0.1) is 5.92 Å². The minimum absolute atomic E-state index is 0.0802. The van der Waals surface area contributed by atoms with E-state index in [2.05, 4.69) is 5.32 Å². The molecule has 0 aliphatic carbocycles. The molecule has 0 aromatic heterocycles. The van der Waals surface area contributed by atoms with Crippen LogP contribution in [0.2, 0.25) is 0 Å². The van der Waals surface area contributed by atoms with Crippen LogP contribution in [0.3, 0.4) is 0 Å². The van der Waals surface area contributed by atoms with Gasteiger partial charge in [-0.15, -0.1) is 11.6 Å². The minimum atomic E-state index is 0.0802. The van der Waals surface area contributed by atoms with Crippen LogP contribution in [0.15, 0.2) is 0 Å². The summed E-state index contributed by atoms with van der Waals surface area (Å²) in [5.41, 5.74) is 0. The predicted octanol–water partition coefficient (Wildman–Crippen LogP) is 0.361. The average molecular weight is 134 g/mol. The molecule has 1 unspecified atom stereocenters. The van der Waals surface area contributed by atoms with Crippen LogP contribution in [0.4, 0.5) is 0 Å². The molecule has 1 heterocycles. The van der Waals surface area contributed by atoms with Crippen molar-refractivity contribution in [3.8, 4) is 0 Å². The van der Waals surface area contributed by atoms with Gasteiger partial charge in [0.2, 0.25) is 5.91 Å². The summed E-state index contributed by atoms with van der Waals surface area (Å²) < 4.78 is 0. The van der Waals surface area contributed by atoms with Crippen molar-refractivity contribution < 1.29 is 4.79 Å². The van der Waals surface area contributed by atoms with Gasteiger partial charge in [-0.05, 0) is 6.42 Å². The lowest BCUT2D eigenvalue weighted by molar-refractivity contribution is -0.121. The van der Waals surface area contributed by atoms with Crippen LogP contribution in [0.5, 0.6) is 0 Å². The van der Waals surface area contributed by atoms with Crippen molar-refractivity contribution in [1.29, 1.82) is 0 Å². The Hall–Kier alpha value is -0.240. The molecule has 1 aliphatic rings. The van der Waals surface area contributed by atoms with Gasteiger partial charge in [0.25, 0.3) is 0 Å². The first-order valence-electron chi connectivity index (χ1n) is 2.68. The highest BCUT2D eigenvalue weighted by atomic mass is 35.5. The lowest BCUT2D eigenvalue weighted by Crippen LogP contribution is -2.19. The van der Waals surface area contributed by atoms with Crippen LogP contribution in [-0.4, -0.2) is 18.3 Å². The maximum Gasteiger partial charge on any atom is 0.224 e. The van der Waals surface area contributed by atoms with E-state index in [9.17, 15) is 4.79 Å². The summed E-state index contributed by atoms with van der Waals surface area (Å²) in [4.78, 5) is 10.6. The number of hydrogen-bond donors (Lipinski definition) is 1. The molecule has 0 radical (unpaired) electrons. The largest absolute Gasteiger partial charge is 0.356 e. The molecule has 0 aromatic rings. The Balaban J connectivity index is 2.42. The highest BCUT2D eigenvalue weighted by molar-refractivity contribution is 6.19. The lowest BCUT2D eigenvalue weighted by atomic mass is 10.1. The van der Waals surface area contributed by atoms with Gasteiger partial charge in [0.05, 0.1) is 5.92 Å². The molecule has 0 bridgehead atoms. The molecular weight excluding hydrogens is 126 g/mol. The summed E-state index contributed by atoms with van der Waals surface area (Å²) in [6.07, 6.45) is 0.905. The molecule has 0 aromatic carbocycles. The number of nitrogens with one attached hydrogen (secondary N) is 1. The summed E-state index contributed by atoms with van der Waals surface area (Å²) in [6, 6.07) is 0. The second-order valence-electron chi connectivity index (χ2n) is 1.93. The van der Waals surface area contributed by atoms with E-state index >= 15 is 0 Å². The van der Waals surface area contributed by atoms with Crippen molar-refractivity contribution >= 4 is 17.5 Å².